The van der Waals surface area contributed by atoms with Crippen molar-refractivity contribution in [2.24, 2.45) is 5.92 Å². The van der Waals surface area contributed by atoms with Crippen LogP contribution in [0.4, 0.5) is 0 Å². The quantitative estimate of drug-likeness (QED) is 0.629. The Hall–Kier alpha value is -0.0800. The maximum Gasteiger partial charge on any atom is 0.0801 e. The molecule has 0 radical (unpaired) electrons. The Morgan fingerprint density at radius 2 is 1.93 bits per heavy atom. The van der Waals surface area contributed by atoms with Crippen LogP contribution < -0.4 is 0 Å². The van der Waals surface area contributed by atoms with Crippen molar-refractivity contribution in [3.05, 3.63) is 0 Å². The Morgan fingerprint density at radius 1 is 1.20 bits per heavy atom. The number of hydrogen-bond donors (Lipinski definition) is 1. The Morgan fingerprint density at radius 3 is 2.60 bits per heavy atom. The van der Waals surface area contributed by atoms with Gasteiger partial charge >= 0.3 is 0 Å². The van der Waals surface area contributed by atoms with E-state index in [2.05, 4.69) is 6.92 Å². The van der Waals surface area contributed by atoms with E-state index < -0.39 is 0 Å². The summed E-state index contributed by atoms with van der Waals surface area (Å²) in [6, 6.07) is 0. The van der Waals surface area contributed by atoms with Crippen LogP contribution in [0.3, 0.4) is 0 Å². The summed E-state index contributed by atoms with van der Waals surface area (Å²) in [6.45, 7) is 3.59. The van der Waals surface area contributed by atoms with Gasteiger partial charge in [0, 0.05) is 6.61 Å². The molecule has 90 valence electrons. The van der Waals surface area contributed by atoms with Gasteiger partial charge in [-0.25, -0.2) is 0 Å². The molecule has 0 aliphatic heterocycles. The lowest BCUT2D eigenvalue weighted by molar-refractivity contribution is 0.00516. The first-order valence-corrected chi connectivity index (χ1v) is 6.60. The van der Waals surface area contributed by atoms with Gasteiger partial charge in [-0.15, -0.1) is 0 Å². The van der Waals surface area contributed by atoms with Crippen LogP contribution in [0.2, 0.25) is 0 Å². The van der Waals surface area contributed by atoms with E-state index in [1.165, 1.54) is 44.9 Å². The SMILES string of the molecule is CCCCCCOCC(O)C1CCCC1. The zero-order chi connectivity index (χ0) is 10.9. The first-order chi connectivity index (χ1) is 7.34. The molecule has 1 fully saturated rings. The number of hydrogen-bond acceptors (Lipinski definition) is 2. The molecule has 2 heteroatoms. The molecule has 2 nitrogen and oxygen atoms in total. The minimum Gasteiger partial charge on any atom is -0.390 e. The first-order valence-electron chi connectivity index (χ1n) is 6.60. The largest absolute Gasteiger partial charge is 0.390 e. The van der Waals surface area contributed by atoms with Crippen LogP contribution in [0.15, 0.2) is 0 Å². The fourth-order valence-electron chi connectivity index (χ4n) is 2.31. The Kier molecular flexibility index (Phi) is 7.03. The minimum atomic E-state index is -0.210. The minimum absolute atomic E-state index is 0.210. The lowest BCUT2D eigenvalue weighted by Crippen LogP contribution is -2.23. The fraction of sp³-hybridized carbons (Fsp3) is 1.00. The molecule has 1 aliphatic rings. The van der Waals surface area contributed by atoms with Gasteiger partial charge in [-0.1, -0.05) is 39.0 Å². The van der Waals surface area contributed by atoms with E-state index >= 15 is 0 Å². The summed E-state index contributed by atoms with van der Waals surface area (Å²) in [4.78, 5) is 0. The van der Waals surface area contributed by atoms with Crippen molar-refractivity contribution in [3.8, 4) is 0 Å². The Balaban J connectivity index is 1.90. The van der Waals surface area contributed by atoms with Gasteiger partial charge in [0.1, 0.15) is 0 Å². The molecule has 0 aromatic heterocycles. The third-order valence-corrected chi connectivity index (χ3v) is 3.37. The zero-order valence-electron chi connectivity index (χ0n) is 10.1. The van der Waals surface area contributed by atoms with Crippen molar-refractivity contribution in [3.63, 3.8) is 0 Å². The van der Waals surface area contributed by atoms with E-state index in [9.17, 15) is 5.11 Å². The van der Waals surface area contributed by atoms with Crippen LogP contribution in [0, 0.1) is 5.92 Å². The Bertz CT molecular complexity index is 141. The number of ether oxygens (including phenoxy) is 1. The van der Waals surface area contributed by atoms with Crippen LogP contribution in [-0.4, -0.2) is 24.4 Å². The maximum atomic E-state index is 9.83. The maximum absolute atomic E-state index is 9.83. The first kappa shape index (κ1) is 13.0. The second-order valence-electron chi connectivity index (χ2n) is 4.75. The van der Waals surface area contributed by atoms with E-state index in [0.29, 0.717) is 12.5 Å². The summed E-state index contributed by atoms with van der Waals surface area (Å²) < 4.78 is 5.50. The number of aliphatic hydroxyl groups excluding tert-OH is 1. The summed E-state index contributed by atoms with van der Waals surface area (Å²) in [6.07, 6.45) is 9.73. The van der Waals surface area contributed by atoms with Crippen LogP contribution >= 0.6 is 0 Å². The lowest BCUT2D eigenvalue weighted by atomic mass is 10.0. The molecule has 0 aromatic carbocycles. The van der Waals surface area contributed by atoms with Gasteiger partial charge in [-0.3, -0.25) is 0 Å². The van der Waals surface area contributed by atoms with Crippen LogP contribution in [0.1, 0.15) is 58.3 Å². The van der Waals surface area contributed by atoms with Gasteiger partial charge in [0.25, 0.3) is 0 Å². The molecular weight excluding hydrogens is 188 g/mol. The van der Waals surface area contributed by atoms with Crippen molar-refractivity contribution in [1.82, 2.24) is 0 Å². The molecule has 1 saturated carbocycles. The van der Waals surface area contributed by atoms with E-state index in [-0.39, 0.29) is 6.10 Å². The van der Waals surface area contributed by atoms with E-state index in [1.54, 1.807) is 0 Å². The van der Waals surface area contributed by atoms with Gasteiger partial charge < -0.3 is 9.84 Å². The lowest BCUT2D eigenvalue weighted by Gasteiger charge is -2.17. The molecule has 15 heavy (non-hydrogen) atoms. The van der Waals surface area contributed by atoms with Crippen molar-refractivity contribution >= 4 is 0 Å². The second-order valence-corrected chi connectivity index (χ2v) is 4.75. The van der Waals surface area contributed by atoms with Gasteiger partial charge in [0.2, 0.25) is 0 Å². The Labute approximate surface area is 94.0 Å². The molecule has 0 heterocycles. The average molecular weight is 214 g/mol. The summed E-state index contributed by atoms with van der Waals surface area (Å²) in [5, 5.41) is 9.83. The number of aliphatic hydroxyl groups is 1. The molecule has 1 rings (SSSR count). The predicted octanol–water partition coefficient (Wildman–Crippen LogP) is 3.13. The molecule has 0 bridgehead atoms. The van der Waals surface area contributed by atoms with Gasteiger partial charge in [-0.2, -0.15) is 0 Å². The highest BCUT2D eigenvalue weighted by atomic mass is 16.5. The van der Waals surface area contributed by atoms with Crippen molar-refractivity contribution < 1.29 is 9.84 Å². The third-order valence-electron chi connectivity index (χ3n) is 3.37. The van der Waals surface area contributed by atoms with Gasteiger partial charge in [0.05, 0.1) is 12.7 Å². The number of unbranched alkanes of at least 4 members (excludes halogenated alkanes) is 3. The summed E-state index contributed by atoms with van der Waals surface area (Å²) in [7, 11) is 0. The highest BCUT2D eigenvalue weighted by molar-refractivity contribution is 4.74. The van der Waals surface area contributed by atoms with E-state index in [4.69, 9.17) is 4.74 Å². The van der Waals surface area contributed by atoms with Crippen molar-refractivity contribution in [2.45, 2.75) is 64.4 Å². The van der Waals surface area contributed by atoms with Gasteiger partial charge in [0.15, 0.2) is 0 Å². The summed E-state index contributed by atoms with van der Waals surface area (Å²) in [5.74, 6) is 0.514. The summed E-state index contributed by atoms with van der Waals surface area (Å²) in [5.41, 5.74) is 0. The molecule has 0 saturated heterocycles. The smallest absolute Gasteiger partial charge is 0.0801 e. The van der Waals surface area contributed by atoms with Crippen LogP contribution in [-0.2, 0) is 4.74 Å². The molecular formula is C13H26O2. The molecule has 1 unspecified atom stereocenters. The molecule has 0 amide bonds. The molecule has 1 N–H and O–H groups in total. The highest BCUT2D eigenvalue weighted by Gasteiger charge is 2.22. The van der Waals surface area contributed by atoms with Crippen LogP contribution in [0.5, 0.6) is 0 Å². The second kappa shape index (κ2) is 8.12. The standard InChI is InChI=1S/C13H26O2/c1-2-3-4-7-10-15-11-13(14)12-8-5-6-9-12/h12-14H,2-11H2,1H3. The highest BCUT2D eigenvalue weighted by Crippen LogP contribution is 2.27. The van der Waals surface area contributed by atoms with Gasteiger partial charge in [-0.05, 0) is 25.2 Å². The molecule has 0 aromatic rings. The normalized spacial score (nSPS) is 19.6. The fourth-order valence-corrected chi connectivity index (χ4v) is 2.31. The van der Waals surface area contributed by atoms with Crippen molar-refractivity contribution in [2.75, 3.05) is 13.2 Å². The third kappa shape index (κ3) is 5.53. The molecule has 1 atom stereocenters. The van der Waals surface area contributed by atoms with Crippen molar-refractivity contribution in [1.29, 1.82) is 0 Å². The molecule has 0 spiro atoms. The van der Waals surface area contributed by atoms with E-state index in [0.717, 1.165) is 13.0 Å². The van der Waals surface area contributed by atoms with Crippen LogP contribution in [0.25, 0.3) is 0 Å². The average Bonchev–Trinajstić information content (AvgIpc) is 2.76. The molecule has 1 aliphatic carbocycles. The topological polar surface area (TPSA) is 29.5 Å². The summed E-state index contributed by atoms with van der Waals surface area (Å²) >= 11 is 0. The predicted molar refractivity (Wildman–Crippen MR) is 62.9 cm³/mol. The zero-order valence-corrected chi connectivity index (χ0v) is 10.1. The number of rotatable bonds is 8. The van der Waals surface area contributed by atoms with E-state index in [1.807, 2.05) is 0 Å². The monoisotopic (exact) mass is 214 g/mol.